The van der Waals surface area contributed by atoms with Gasteiger partial charge in [0.2, 0.25) is 0 Å². The monoisotopic (exact) mass is 265 g/mol. The van der Waals surface area contributed by atoms with E-state index in [4.69, 9.17) is 9.47 Å². The molecule has 0 heterocycles. The van der Waals surface area contributed by atoms with Crippen molar-refractivity contribution < 1.29 is 9.47 Å². The summed E-state index contributed by atoms with van der Waals surface area (Å²) in [5.74, 6) is 1.73. The van der Waals surface area contributed by atoms with Crippen LogP contribution in [0.2, 0.25) is 0 Å². The molecular weight excluding hydrogens is 238 g/mol. The Bertz CT molecular complexity index is 328. The summed E-state index contributed by atoms with van der Waals surface area (Å²) in [6.45, 7) is 5.27. The van der Waals surface area contributed by atoms with Gasteiger partial charge in [0.25, 0.3) is 0 Å². The van der Waals surface area contributed by atoms with E-state index in [1.54, 1.807) is 7.11 Å². The first kappa shape index (κ1) is 15.8. The topological polar surface area (TPSA) is 30.5 Å². The van der Waals surface area contributed by atoms with Gasteiger partial charge in [0.1, 0.15) is 11.5 Å². The van der Waals surface area contributed by atoms with E-state index in [0.717, 1.165) is 37.6 Å². The lowest BCUT2D eigenvalue weighted by Gasteiger charge is -2.08. The molecule has 19 heavy (non-hydrogen) atoms. The van der Waals surface area contributed by atoms with E-state index in [2.05, 4.69) is 12.2 Å². The number of unbranched alkanes of at least 4 members (excludes halogenated alkanes) is 3. The molecule has 0 unspecified atom stereocenters. The highest BCUT2D eigenvalue weighted by Crippen LogP contribution is 2.18. The minimum atomic E-state index is 0.780. The summed E-state index contributed by atoms with van der Waals surface area (Å²) in [6, 6.07) is 7.77. The molecule has 1 aromatic rings. The largest absolute Gasteiger partial charge is 0.497 e. The van der Waals surface area contributed by atoms with Crippen LogP contribution in [0.15, 0.2) is 24.3 Å². The summed E-state index contributed by atoms with van der Waals surface area (Å²) in [5.41, 5.74) is 0. The summed E-state index contributed by atoms with van der Waals surface area (Å²) in [5, 5.41) is 3.45. The zero-order valence-electron chi connectivity index (χ0n) is 12.3. The Morgan fingerprint density at radius 1 is 1.00 bits per heavy atom. The summed E-state index contributed by atoms with van der Waals surface area (Å²) < 4.78 is 10.9. The standard InChI is InChI=1S/C16H27NO2/c1-3-4-11-17-12-6-5-7-13-19-16-10-8-9-15(14-16)18-2/h8-10,14,17H,3-7,11-13H2,1-2H3. The van der Waals surface area contributed by atoms with Gasteiger partial charge in [-0.05, 0) is 50.9 Å². The maximum absolute atomic E-state index is 5.69. The molecule has 0 fully saturated rings. The van der Waals surface area contributed by atoms with Crippen LogP contribution in [0.5, 0.6) is 11.5 Å². The molecule has 0 atom stereocenters. The lowest BCUT2D eigenvalue weighted by Crippen LogP contribution is -2.16. The fourth-order valence-electron chi connectivity index (χ4n) is 1.84. The Labute approximate surface area is 117 Å². The Kier molecular flexibility index (Phi) is 8.90. The van der Waals surface area contributed by atoms with E-state index >= 15 is 0 Å². The van der Waals surface area contributed by atoms with E-state index in [9.17, 15) is 0 Å². The van der Waals surface area contributed by atoms with Gasteiger partial charge < -0.3 is 14.8 Å². The minimum Gasteiger partial charge on any atom is -0.497 e. The van der Waals surface area contributed by atoms with Crippen molar-refractivity contribution in [2.45, 2.75) is 39.0 Å². The van der Waals surface area contributed by atoms with E-state index in [1.807, 2.05) is 24.3 Å². The average Bonchev–Trinajstić information content (AvgIpc) is 2.46. The zero-order valence-corrected chi connectivity index (χ0v) is 12.3. The average molecular weight is 265 g/mol. The number of hydrogen-bond acceptors (Lipinski definition) is 3. The van der Waals surface area contributed by atoms with Crippen LogP contribution >= 0.6 is 0 Å². The van der Waals surface area contributed by atoms with Crippen molar-refractivity contribution in [3.63, 3.8) is 0 Å². The van der Waals surface area contributed by atoms with E-state index in [1.165, 1.54) is 25.7 Å². The molecule has 0 aliphatic rings. The van der Waals surface area contributed by atoms with Crippen LogP contribution in [-0.4, -0.2) is 26.8 Å². The zero-order chi connectivity index (χ0) is 13.8. The Morgan fingerprint density at radius 2 is 1.79 bits per heavy atom. The van der Waals surface area contributed by atoms with Crippen molar-refractivity contribution in [1.29, 1.82) is 0 Å². The molecule has 0 aliphatic heterocycles. The molecule has 0 saturated carbocycles. The maximum atomic E-state index is 5.69. The van der Waals surface area contributed by atoms with Crippen LogP contribution in [0, 0.1) is 0 Å². The lowest BCUT2D eigenvalue weighted by molar-refractivity contribution is 0.302. The Hall–Kier alpha value is -1.22. The normalized spacial score (nSPS) is 10.4. The molecule has 3 nitrogen and oxygen atoms in total. The molecule has 108 valence electrons. The summed E-state index contributed by atoms with van der Waals surface area (Å²) in [7, 11) is 1.67. The third kappa shape index (κ3) is 7.73. The summed E-state index contributed by atoms with van der Waals surface area (Å²) in [6.07, 6.45) is 6.08. The number of rotatable bonds is 11. The SMILES string of the molecule is CCCCNCCCCCOc1cccc(OC)c1. The van der Waals surface area contributed by atoms with Crippen molar-refractivity contribution in [3.05, 3.63) is 24.3 Å². The van der Waals surface area contributed by atoms with Gasteiger partial charge in [-0.3, -0.25) is 0 Å². The van der Waals surface area contributed by atoms with Gasteiger partial charge in [-0.2, -0.15) is 0 Å². The Morgan fingerprint density at radius 3 is 2.58 bits per heavy atom. The second kappa shape index (κ2) is 10.7. The number of benzene rings is 1. The first-order valence-corrected chi connectivity index (χ1v) is 7.34. The van der Waals surface area contributed by atoms with Crippen LogP contribution < -0.4 is 14.8 Å². The second-order valence-electron chi connectivity index (χ2n) is 4.69. The van der Waals surface area contributed by atoms with E-state index < -0.39 is 0 Å². The predicted octanol–water partition coefficient (Wildman–Crippen LogP) is 3.63. The van der Waals surface area contributed by atoms with Gasteiger partial charge in [-0.15, -0.1) is 0 Å². The highest BCUT2D eigenvalue weighted by Gasteiger charge is 1.96. The van der Waals surface area contributed by atoms with Crippen molar-refractivity contribution >= 4 is 0 Å². The van der Waals surface area contributed by atoms with Crippen LogP contribution in [-0.2, 0) is 0 Å². The molecule has 0 aliphatic carbocycles. The van der Waals surface area contributed by atoms with Crippen molar-refractivity contribution in [1.82, 2.24) is 5.32 Å². The van der Waals surface area contributed by atoms with Gasteiger partial charge in [0.15, 0.2) is 0 Å². The van der Waals surface area contributed by atoms with Crippen molar-refractivity contribution in [2.75, 3.05) is 26.8 Å². The second-order valence-corrected chi connectivity index (χ2v) is 4.69. The number of hydrogen-bond donors (Lipinski definition) is 1. The molecule has 0 spiro atoms. The molecule has 1 aromatic carbocycles. The first-order valence-electron chi connectivity index (χ1n) is 7.34. The van der Waals surface area contributed by atoms with Crippen molar-refractivity contribution in [2.24, 2.45) is 0 Å². The highest BCUT2D eigenvalue weighted by molar-refractivity contribution is 5.32. The van der Waals surface area contributed by atoms with Gasteiger partial charge >= 0.3 is 0 Å². The van der Waals surface area contributed by atoms with Crippen molar-refractivity contribution in [3.8, 4) is 11.5 Å². The predicted molar refractivity (Wildman–Crippen MR) is 80.1 cm³/mol. The van der Waals surface area contributed by atoms with Gasteiger partial charge in [-0.25, -0.2) is 0 Å². The van der Waals surface area contributed by atoms with Gasteiger partial charge in [0.05, 0.1) is 13.7 Å². The first-order chi connectivity index (χ1) is 9.36. The van der Waals surface area contributed by atoms with E-state index in [-0.39, 0.29) is 0 Å². The molecular formula is C16H27NO2. The molecule has 0 bridgehead atoms. The molecule has 0 aromatic heterocycles. The quantitative estimate of drug-likeness (QED) is 0.620. The number of nitrogens with one attached hydrogen (secondary N) is 1. The summed E-state index contributed by atoms with van der Waals surface area (Å²) >= 11 is 0. The number of methoxy groups -OCH3 is 1. The fourth-order valence-corrected chi connectivity index (χ4v) is 1.84. The highest BCUT2D eigenvalue weighted by atomic mass is 16.5. The lowest BCUT2D eigenvalue weighted by atomic mass is 10.2. The van der Waals surface area contributed by atoms with Crippen LogP contribution in [0.3, 0.4) is 0 Å². The molecule has 0 saturated heterocycles. The number of ether oxygens (including phenoxy) is 2. The Balaban J connectivity index is 1.98. The maximum Gasteiger partial charge on any atom is 0.122 e. The van der Waals surface area contributed by atoms with Crippen LogP contribution in [0.1, 0.15) is 39.0 Å². The third-order valence-electron chi connectivity index (χ3n) is 3.01. The van der Waals surface area contributed by atoms with Crippen LogP contribution in [0.25, 0.3) is 0 Å². The minimum absolute atomic E-state index is 0.780. The molecule has 0 radical (unpaired) electrons. The van der Waals surface area contributed by atoms with Gasteiger partial charge in [0, 0.05) is 6.07 Å². The summed E-state index contributed by atoms with van der Waals surface area (Å²) in [4.78, 5) is 0. The molecule has 3 heteroatoms. The van der Waals surface area contributed by atoms with Crippen LogP contribution in [0.4, 0.5) is 0 Å². The smallest absolute Gasteiger partial charge is 0.122 e. The fraction of sp³-hybridized carbons (Fsp3) is 0.625. The van der Waals surface area contributed by atoms with E-state index in [0.29, 0.717) is 0 Å². The molecule has 0 amide bonds. The third-order valence-corrected chi connectivity index (χ3v) is 3.01. The molecule has 1 N–H and O–H groups in total. The molecule has 1 rings (SSSR count). The van der Waals surface area contributed by atoms with Gasteiger partial charge in [-0.1, -0.05) is 19.4 Å².